The number of aromatic amines is 1. The monoisotopic (exact) mass is 331 g/mol. The number of thioether (sulfide) groups is 1. The van der Waals surface area contributed by atoms with Crippen molar-refractivity contribution in [1.82, 2.24) is 15.0 Å². The summed E-state index contributed by atoms with van der Waals surface area (Å²) >= 11 is 1.40. The van der Waals surface area contributed by atoms with Crippen LogP contribution in [-0.4, -0.2) is 31.8 Å². The highest BCUT2D eigenvalue weighted by Gasteiger charge is 2.24. The van der Waals surface area contributed by atoms with Crippen LogP contribution in [-0.2, 0) is 0 Å². The van der Waals surface area contributed by atoms with Gasteiger partial charge in [-0.1, -0.05) is 11.8 Å². The van der Waals surface area contributed by atoms with Gasteiger partial charge >= 0.3 is 0 Å². The van der Waals surface area contributed by atoms with Gasteiger partial charge in [0.15, 0.2) is 11.6 Å². The van der Waals surface area contributed by atoms with Gasteiger partial charge in [0.2, 0.25) is 0 Å². The van der Waals surface area contributed by atoms with Crippen LogP contribution >= 0.6 is 11.8 Å². The van der Waals surface area contributed by atoms with Crippen molar-refractivity contribution in [2.75, 3.05) is 0 Å². The van der Waals surface area contributed by atoms with E-state index in [-0.39, 0.29) is 16.8 Å². The van der Waals surface area contributed by atoms with E-state index in [0.29, 0.717) is 17.1 Å². The minimum Gasteiger partial charge on any atom is -0.355 e. The van der Waals surface area contributed by atoms with Gasteiger partial charge in [-0.15, -0.1) is 0 Å². The Labute approximate surface area is 140 Å². The molecule has 0 amide bonds. The number of hydrogen-bond acceptors (Lipinski definition) is 5. The van der Waals surface area contributed by atoms with Gasteiger partial charge in [0, 0.05) is 17.0 Å². The Kier molecular flexibility index (Phi) is 5.04. The minimum atomic E-state index is -0.305. The van der Waals surface area contributed by atoms with Gasteiger partial charge in [-0.25, -0.2) is 9.97 Å². The molecule has 0 fully saturated rings. The molecule has 1 unspecified atom stereocenters. The Morgan fingerprint density at radius 1 is 1.17 bits per heavy atom. The van der Waals surface area contributed by atoms with E-state index in [1.54, 1.807) is 0 Å². The van der Waals surface area contributed by atoms with Gasteiger partial charge in [-0.05, 0) is 53.2 Å². The van der Waals surface area contributed by atoms with Crippen LogP contribution in [0.25, 0.3) is 0 Å². The van der Waals surface area contributed by atoms with E-state index in [2.05, 4.69) is 15.0 Å². The average molecular weight is 331 g/mol. The lowest BCUT2D eigenvalue weighted by Gasteiger charge is -2.10. The standard InChI is InChI=1S/C17H21N3O2S/c1-8-7-14(20-13(6)18-8)23-12(5)17(22)16-9(2)15(11(4)21)10(3)19-16/h7,12,19H,1-6H3. The highest BCUT2D eigenvalue weighted by Crippen LogP contribution is 2.27. The van der Waals surface area contributed by atoms with Gasteiger partial charge in [0.05, 0.1) is 10.9 Å². The van der Waals surface area contributed by atoms with Crippen LogP contribution in [0.5, 0.6) is 0 Å². The number of rotatable bonds is 5. The molecule has 0 aliphatic heterocycles. The summed E-state index contributed by atoms with van der Waals surface area (Å²) < 4.78 is 0. The predicted octanol–water partition coefficient (Wildman–Crippen LogP) is 3.60. The highest BCUT2D eigenvalue weighted by molar-refractivity contribution is 8.00. The molecule has 0 aliphatic carbocycles. The lowest BCUT2D eigenvalue weighted by molar-refractivity contribution is 0.0988. The molecule has 5 nitrogen and oxygen atoms in total. The Balaban J connectivity index is 2.26. The van der Waals surface area contributed by atoms with Crippen molar-refractivity contribution < 1.29 is 9.59 Å². The first-order chi connectivity index (χ1) is 10.7. The molecule has 0 radical (unpaired) electrons. The molecule has 1 N–H and O–H groups in total. The smallest absolute Gasteiger partial charge is 0.192 e. The molecule has 0 aromatic carbocycles. The zero-order chi connectivity index (χ0) is 17.3. The Hall–Kier alpha value is -1.95. The Morgan fingerprint density at radius 3 is 2.35 bits per heavy atom. The number of hydrogen-bond donors (Lipinski definition) is 1. The summed E-state index contributed by atoms with van der Waals surface area (Å²) in [6.07, 6.45) is 0. The fraction of sp³-hybridized carbons (Fsp3) is 0.412. The maximum absolute atomic E-state index is 12.7. The van der Waals surface area contributed by atoms with Crippen molar-refractivity contribution >= 4 is 23.3 Å². The molecule has 0 saturated heterocycles. The number of aryl methyl sites for hydroxylation is 3. The van der Waals surface area contributed by atoms with Crippen molar-refractivity contribution in [2.45, 2.75) is 51.8 Å². The Morgan fingerprint density at radius 2 is 1.83 bits per heavy atom. The van der Waals surface area contributed by atoms with Crippen LogP contribution < -0.4 is 0 Å². The second-order valence-electron chi connectivity index (χ2n) is 5.70. The quantitative estimate of drug-likeness (QED) is 0.514. The molecule has 0 spiro atoms. The lowest BCUT2D eigenvalue weighted by atomic mass is 10.0. The zero-order valence-electron chi connectivity index (χ0n) is 14.3. The molecular formula is C17H21N3O2S. The lowest BCUT2D eigenvalue weighted by Crippen LogP contribution is -2.15. The normalized spacial score (nSPS) is 12.3. The summed E-state index contributed by atoms with van der Waals surface area (Å²) in [4.78, 5) is 36.1. The summed E-state index contributed by atoms with van der Waals surface area (Å²) in [5.74, 6) is 0.632. The van der Waals surface area contributed by atoms with E-state index in [1.807, 2.05) is 40.7 Å². The molecule has 2 aromatic heterocycles. The van der Waals surface area contributed by atoms with Crippen LogP contribution in [0.3, 0.4) is 0 Å². The fourth-order valence-corrected chi connectivity index (χ4v) is 3.72. The van der Waals surface area contributed by atoms with Gasteiger partial charge in [-0.2, -0.15) is 0 Å². The SMILES string of the molecule is CC(=O)c1c(C)[nH]c(C(=O)C(C)Sc2cc(C)nc(C)n2)c1C. The molecule has 1 atom stereocenters. The van der Waals surface area contributed by atoms with Crippen molar-refractivity contribution in [3.8, 4) is 0 Å². The summed E-state index contributed by atoms with van der Waals surface area (Å²) in [5.41, 5.74) is 3.46. The molecule has 0 aliphatic rings. The maximum atomic E-state index is 12.7. The van der Waals surface area contributed by atoms with Crippen LogP contribution in [0.1, 0.15) is 57.5 Å². The third-order valence-corrected chi connectivity index (χ3v) is 4.66. The summed E-state index contributed by atoms with van der Waals surface area (Å²) in [5, 5.41) is 0.476. The van der Waals surface area contributed by atoms with E-state index in [4.69, 9.17) is 0 Å². The van der Waals surface area contributed by atoms with Crippen LogP contribution in [0.2, 0.25) is 0 Å². The van der Waals surface area contributed by atoms with Crippen molar-refractivity contribution in [1.29, 1.82) is 0 Å². The van der Waals surface area contributed by atoms with E-state index in [0.717, 1.165) is 22.0 Å². The summed E-state index contributed by atoms with van der Waals surface area (Å²) in [6, 6.07) is 1.87. The van der Waals surface area contributed by atoms with Gasteiger partial charge in [0.25, 0.3) is 0 Å². The number of carbonyl (C=O) groups excluding carboxylic acids is 2. The Bertz CT molecular complexity index is 760. The molecule has 2 heterocycles. The highest BCUT2D eigenvalue weighted by atomic mass is 32.2. The first-order valence-electron chi connectivity index (χ1n) is 7.44. The molecule has 0 bridgehead atoms. The summed E-state index contributed by atoms with van der Waals surface area (Å²) in [7, 11) is 0. The molecule has 2 aromatic rings. The first kappa shape index (κ1) is 17.4. The van der Waals surface area contributed by atoms with E-state index >= 15 is 0 Å². The topological polar surface area (TPSA) is 75.7 Å². The number of aromatic nitrogens is 3. The molecule has 6 heteroatoms. The number of H-pyrrole nitrogens is 1. The van der Waals surface area contributed by atoms with Crippen LogP contribution in [0, 0.1) is 27.7 Å². The van der Waals surface area contributed by atoms with Crippen molar-refractivity contribution in [3.63, 3.8) is 0 Å². The van der Waals surface area contributed by atoms with Crippen LogP contribution in [0.4, 0.5) is 0 Å². The molecule has 122 valence electrons. The predicted molar refractivity (Wildman–Crippen MR) is 91.4 cm³/mol. The molecule has 0 saturated carbocycles. The minimum absolute atomic E-state index is 0.0299. The van der Waals surface area contributed by atoms with Crippen molar-refractivity contribution in [3.05, 3.63) is 40.1 Å². The number of carbonyl (C=O) groups is 2. The number of Topliss-reactive ketones (excluding diaryl/α,β-unsaturated/α-hetero) is 2. The number of ketones is 2. The van der Waals surface area contributed by atoms with E-state index in [1.165, 1.54) is 18.7 Å². The van der Waals surface area contributed by atoms with Gasteiger partial charge in [-0.3, -0.25) is 9.59 Å². The average Bonchev–Trinajstić information content (AvgIpc) is 2.71. The van der Waals surface area contributed by atoms with Crippen LogP contribution in [0.15, 0.2) is 11.1 Å². The zero-order valence-corrected chi connectivity index (χ0v) is 15.1. The van der Waals surface area contributed by atoms with E-state index in [9.17, 15) is 9.59 Å². The molecule has 23 heavy (non-hydrogen) atoms. The van der Waals surface area contributed by atoms with E-state index < -0.39 is 0 Å². The first-order valence-corrected chi connectivity index (χ1v) is 8.32. The number of nitrogens with one attached hydrogen (secondary N) is 1. The molecular weight excluding hydrogens is 310 g/mol. The third-order valence-electron chi connectivity index (χ3n) is 3.65. The second kappa shape index (κ2) is 6.66. The van der Waals surface area contributed by atoms with Gasteiger partial charge in [0.1, 0.15) is 10.9 Å². The largest absolute Gasteiger partial charge is 0.355 e. The summed E-state index contributed by atoms with van der Waals surface area (Å²) in [6.45, 7) is 10.7. The third kappa shape index (κ3) is 3.69. The van der Waals surface area contributed by atoms with Crippen molar-refractivity contribution in [2.24, 2.45) is 0 Å². The van der Waals surface area contributed by atoms with Gasteiger partial charge < -0.3 is 4.98 Å². The molecule has 2 rings (SSSR count). The maximum Gasteiger partial charge on any atom is 0.192 e. The second-order valence-corrected chi connectivity index (χ2v) is 7.06. The fourth-order valence-electron chi connectivity index (χ4n) is 2.71. The number of nitrogens with zero attached hydrogens (tertiary/aromatic N) is 2.